The molecule has 0 aliphatic carbocycles. The van der Waals surface area contributed by atoms with Crippen LogP contribution in [0.25, 0.3) is 0 Å². The topological polar surface area (TPSA) is 49.9 Å². The Morgan fingerprint density at radius 2 is 1.69 bits per heavy atom. The third-order valence-corrected chi connectivity index (χ3v) is 4.60. The van der Waals surface area contributed by atoms with E-state index in [0.717, 1.165) is 19.6 Å². The Hall–Kier alpha value is -2.37. The maximum atomic E-state index is 12.3. The van der Waals surface area contributed by atoms with Crippen molar-refractivity contribution in [3.05, 3.63) is 70.7 Å². The Morgan fingerprint density at radius 3 is 2.38 bits per heavy atom. The van der Waals surface area contributed by atoms with Gasteiger partial charge in [0, 0.05) is 37.7 Å². The zero-order chi connectivity index (χ0) is 18.4. The summed E-state index contributed by atoms with van der Waals surface area (Å²) in [7, 11) is 0. The summed E-state index contributed by atoms with van der Waals surface area (Å²) in [6, 6.07) is 16.8. The van der Waals surface area contributed by atoms with Crippen molar-refractivity contribution >= 4 is 23.5 Å². The molecule has 0 spiro atoms. The van der Waals surface area contributed by atoms with Crippen molar-refractivity contribution in [3.63, 3.8) is 0 Å². The molecule has 1 saturated heterocycles. The number of benzene rings is 2. The SMILES string of the molecule is O=C(OCC(=O)N1CCN(Cc2ccccc2)CC1)c1cccc(Cl)c1. The van der Waals surface area contributed by atoms with Crippen molar-refractivity contribution < 1.29 is 14.3 Å². The predicted octanol–water partition coefficient (Wildman–Crippen LogP) is 2.84. The van der Waals surface area contributed by atoms with Crippen molar-refractivity contribution in [1.29, 1.82) is 0 Å². The number of carbonyl (C=O) groups is 2. The Labute approximate surface area is 158 Å². The average Bonchev–Trinajstić information content (AvgIpc) is 2.67. The van der Waals surface area contributed by atoms with Crippen LogP contribution in [0.2, 0.25) is 5.02 Å². The van der Waals surface area contributed by atoms with Crippen molar-refractivity contribution in [2.75, 3.05) is 32.8 Å². The van der Waals surface area contributed by atoms with Gasteiger partial charge in [-0.2, -0.15) is 0 Å². The number of nitrogens with zero attached hydrogens (tertiary/aromatic N) is 2. The van der Waals surface area contributed by atoms with Gasteiger partial charge in [0.1, 0.15) is 0 Å². The maximum absolute atomic E-state index is 12.3. The fourth-order valence-corrected chi connectivity index (χ4v) is 3.10. The van der Waals surface area contributed by atoms with Crippen molar-refractivity contribution in [2.45, 2.75) is 6.54 Å². The van der Waals surface area contributed by atoms with Gasteiger partial charge in [0.05, 0.1) is 5.56 Å². The second-order valence-corrected chi connectivity index (χ2v) is 6.67. The van der Waals surface area contributed by atoms with Gasteiger partial charge in [-0.05, 0) is 23.8 Å². The molecule has 1 amide bonds. The molecule has 0 radical (unpaired) electrons. The van der Waals surface area contributed by atoms with Crippen LogP contribution in [-0.4, -0.2) is 54.5 Å². The normalized spacial score (nSPS) is 14.9. The molecule has 6 heteroatoms. The molecule has 2 aromatic rings. The summed E-state index contributed by atoms with van der Waals surface area (Å²) in [6.45, 7) is 3.53. The van der Waals surface area contributed by atoms with Crippen molar-refractivity contribution in [1.82, 2.24) is 9.80 Å². The van der Waals surface area contributed by atoms with E-state index in [9.17, 15) is 9.59 Å². The van der Waals surface area contributed by atoms with Crippen LogP contribution < -0.4 is 0 Å². The second-order valence-electron chi connectivity index (χ2n) is 6.23. The summed E-state index contributed by atoms with van der Waals surface area (Å²) in [5, 5.41) is 0.459. The van der Waals surface area contributed by atoms with E-state index in [1.54, 1.807) is 23.1 Å². The molecule has 1 aliphatic heterocycles. The van der Waals surface area contributed by atoms with E-state index in [2.05, 4.69) is 17.0 Å². The highest BCUT2D eigenvalue weighted by Crippen LogP contribution is 2.12. The fourth-order valence-electron chi connectivity index (χ4n) is 2.91. The molecule has 2 aromatic carbocycles. The minimum absolute atomic E-state index is 0.167. The van der Waals surface area contributed by atoms with Gasteiger partial charge in [0.15, 0.2) is 6.61 Å². The molecule has 5 nitrogen and oxygen atoms in total. The van der Waals surface area contributed by atoms with Crippen LogP contribution in [-0.2, 0) is 16.1 Å². The summed E-state index contributed by atoms with van der Waals surface area (Å²) < 4.78 is 5.12. The smallest absolute Gasteiger partial charge is 0.338 e. The molecule has 0 atom stereocenters. The van der Waals surface area contributed by atoms with E-state index in [1.165, 1.54) is 11.6 Å². The van der Waals surface area contributed by atoms with E-state index in [0.29, 0.717) is 23.7 Å². The first-order valence-electron chi connectivity index (χ1n) is 8.58. The minimum Gasteiger partial charge on any atom is -0.452 e. The highest BCUT2D eigenvalue weighted by Gasteiger charge is 2.22. The first-order valence-corrected chi connectivity index (χ1v) is 8.96. The molecular weight excluding hydrogens is 352 g/mol. The highest BCUT2D eigenvalue weighted by molar-refractivity contribution is 6.30. The summed E-state index contributed by atoms with van der Waals surface area (Å²) >= 11 is 5.86. The number of esters is 1. The molecule has 136 valence electrons. The lowest BCUT2D eigenvalue weighted by atomic mass is 10.2. The Morgan fingerprint density at radius 1 is 0.962 bits per heavy atom. The van der Waals surface area contributed by atoms with Gasteiger partial charge in [-0.1, -0.05) is 48.0 Å². The molecule has 1 heterocycles. The first kappa shape index (κ1) is 18.4. The van der Waals surface area contributed by atoms with Crippen LogP contribution in [0.3, 0.4) is 0 Å². The van der Waals surface area contributed by atoms with Gasteiger partial charge in [-0.25, -0.2) is 4.79 Å². The lowest BCUT2D eigenvalue weighted by Crippen LogP contribution is -2.49. The summed E-state index contributed by atoms with van der Waals surface area (Å²) in [6.07, 6.45) is 0. The third kappa shape index (κ3) is 5.07. The van der Waals surface area contributed by atoms with E-state index in [4.69, 9.17) is 16.3 Å². The van der Waals surface area contributed by atoms with Gasteiger partial charge in [0.2, 0.25) is 0 Å². The Kier molecular flexibility index (Phi) is 6.26. The second kappa shape index (κ2) is 8.83. The first-order chi connectivity index (χ1) is 12.6. The zero-order valence-electron chi connectivity index (χ0n) is 14.4. The van der Waals surface area contributed by atoms with Crippen LogP contribution in [0.5, 0.6) is 0 Å². The fraction of sp³-hybridized carbons (Fsp3) is 0.300. The number of carbonyl (C=O) groups excluding carboxylic acids is 2. The van der Waals surface area contributed by atoms with Crippen LogP contribution in [0.4, 0.5) is 0 Å². The van der Waals surface area contributed by atoms with Gasteiger partial charge in [0.25, 0.3) is 5.91 Å². The van der Waals surface area contributed by atoms with Gasteiger partial charge < -0.3 is 9.64 Å². The third-order valence-electron chi connectivity index (χ3n) is 4.36. The molecule has 1 fully saturated rings. The number of amides is 1. The molecular formula is C20H21ClN2O3. The standard InChI is InChI=1S/C20H21ClN2O3/c21-18-8-4-7-17(13-18)20(25)26-15-19(24)23-11-9-22(10-12-23)14-16-5-2-1-3-6-16/h1-8,13H,9-12,14-15H2. The molecule has 0 aromatic heterocycles. The monoisotopic (exact) mass is 372 g/mol. The summed E-state index contributed by atoms with van der Waals surface area (Å²) in [5.74, 6) is -0.705. The summed E-state index contributed by atoms with van der Waals surface area (Å²) in [4.78, 5) is 28.3. The van der Waals surface area contributed by atoms with E-state index in [-0.39, 0.29) is 12.5 Å². The highest BCUT2D eigenvalue weighted by atomic mass is 35.5. The molecule has 0 unspecified atom stereocenters. The zero-order valence-corrected chi connectivity index (χ0v) is 15.2. The van der Waals surface area contributed by atoms with Crippen LogP contribution in [0.15, 0.2) is 54.6 Å². The molecule has 0 saturated carbocycles. The number of hydrogen-bond acceptors (Lipinski definition) is 4. The quantitative estimate of drug-likeness (QED) is 0.757. The Balaban J connectivity index is 1.43. The average molecular weight is 373 g/mol. The van der Waals surface area contributed by atoms with Gasteiger partial charge in [-0.3, -0.25) is 9.69 Å². The van der Waals surface area contributed by atoms with Crippen LogP contribution in [0, 0.1) is 0 Å². The number of halogens is 1. The van der Waals surface area contributed by atoms with Crippen molar-refractivity contribution in [3.8, 4) is 0 Å². The molecule has 26 heavy (non-hydrogen) atoms. The molecule has 0 N–H and O–H groups in total. The molecule has 1 aliphatic rings. The van der Waals surface area contributed by atoms with Gasteiger partial charge in [-0.15, -0.1) is 0 Å². The van der Waals surface area contributed by atoms with E-state index < -0.39 is 5.97 Å². The van der Waals surface area contributed by atoms with Gasteiger partial charge >= 0.3 is 5.97 Å². The molecule has 3 rings (SSSR count). The number of piperazine rings is 1. The van der Waals surface area contributed by atoms with Crippen LogP contribution >= 0.6 is 11.6 Å². The lowest BCUT2D eigenvalue weighted by molar-refractivity contribution is -0.136. The summed E-state index contributed by atoms with van der Waals surface area (Å²) in [5.41, 5.74) is 1.61. The van der Waals surface area contributed by atoms with Crippen molar-refractivity contribution in [2.24, 2.45) is 0 Å². The van der Waals surface area contributed by atoms with Crippen LogP contribution in [0.1, 0.15) is 15.9 Å². The van der Waals surface area contributed by atoms with E-state index in [1.807, 2.05) is 18.2 Å². The van der Waals surface area contributed by atoms with E-state index >= 15 is 0 Å². The largest absolute Gasteiger partial charge is 0.452 e. The number of ether oxygens (including phenoxy) is 1. The predicted molar refractivity (Wildman–Crippen MR) is 100 cm³/mol. The molecule has 0 bridgehead atoms. The number of hydrogen-bond donors (Lipinski definition) is 0. The Bertz CT molecular complexity index is 759. The number of rotatable bonds is 5. The minimum atomic E-state index is -0.538. The lowest BCUT2D eigenvalue weighted by Gasteiger charge is -2.34. The maximum Gasteiger partial charge on any atom is 0.338 e.